The second-order valence-corrected chi connectivity index (χ2v) is 7.12. The molecule has 0 aliphatic heterocycles. The van der Waals surface area contributed by atoms with E-state index in [9.17, 15) is 4.79 Å². The van der Waals surface area contributed by atoms with E-state index in [4.69, 9.17) is 9.47 Å². The van der Waals surface area contributed by atoms with E-state index < -0.39 is 6.03 Å². The van der Waals surface area contributed by atoms with E-state index in [1.54, 1.807) is 32.4 Å². The molecule has 146 valence electrons. The largest absolute Gasteiger partial charge is 0.497 e. The topological polar surface area (TPSA) is 84.8 Å². The lowest BCUT2D eigenvalue weighted by Gasteiger charge is -2.06. The molecule has 8 heteroatoms. The number of urea groups is 1. The molecule has 0 atom stereocenters. The SMILES string of the molecule is COc1ccc(OC)c(/C=N/NC(=O)Nc2nc3c(ccc4ccccc43)s2)c1. The van der Waals surface area contributed by atoms with Crippen LogP contribution in [-0.4, -0.2) is 31.4 Å². The molecule has 0 saturated heterocycles. The number of amides is 2. The van der Waals surface area contributed by atoms with Crippen LogP contribution in [0.5, 0.6) is 11.5 Å². The molecular weight excluding hydrogens is 388 g/mol. The Morgan fingerprint density at radius 2 is 1.97 bits per heavy atom. The second-order valence-electron chi connectivity index (χ2n) is 6.08. The van der Waals surface area contributed by atoms with Crippen LogP contribution >= 0.6 is 11.3 Å². The Morgan fingerprint density at radius 1 is 1.10 bits per heavy atom. The van der Waals surface area contributed by atoms with Crippen molar-refractivity contribution in [3.05, 3.63) is 60.2 Å². The van der Waals surface area contributed by atoms with Crippen LogP contribution in [0, 0.1) is 0 Å². The van der Waals surface area contributed by atoms with Crippen LogP contribution in [-0.2, 0) is 0 Å². The maximum absolute atomic E-state index is 12.2. The highest BCUT2D eigenvalue weighted by Gasteiger charge is 2.10. The summed E-state index contributed by atoms with van der Waals surface area (Å²) >= 11 is 1.41. The molecule has 0 spiro atoms. The van der Waals surface area contributed by atoms with Gasteiger partial charge in [-0.15, -0.1) is 0 Å². The first-order chi connectivity index (χ1) is 14.2. The smallest absolute Gasteiger partial charge is 0.341 e. The molecule has 4 aromatic rings. The van der Waals surface area contributed by atoms with E-state index >= 15 is 0 Å². The average Bonchev–Trinajstić information content (AvgIpc) is 3.16. The zero-order chi connectivity index (χ0) is 20.2. The lowest BCUT2D eigenvalue weighted by molar-refractivity contribution is 0.252. The highest BCUT2D eigenvalue weighted by Crippen LogP contribution is 2.31. The number of hydrogen-bond acceptors (Lipinski definition) is 6. The minimum Gasteiger partial charge on any atom is -0.497 e. The van der Waals surface area contributed by atoms with E-state index in [2.05, 4.69) is 20.8 Å². The molecule has 7 nitrogen and oxygen atoms in total. The monoisotopic (exact) mass is 406 g/mol. The number of carbonyl (C=O) groups is 1. The number of hydrogen-bond donors (Lipinski definition) is 2. The molecule has 0 saturated carbocycles. The molecule has 0 unspecified atom stereocenters. The summed E-state index contributed by atoms with van der Waals surface area (Å²) in [6.07, 6.45) is 1.49. The van der Waals surface area contributed by atoms with Crippen molar-refractivity contribution in [2.45, 2.75) is 0 Å². The lowest BCUT2D eigenvalue weighted by atomic mass is 10.1. The zero-order valence-electron chi connectivity index (χ0n) is 15.8. The van der Waals surface area contributed by atoms with Crippen LogP contribution in [0.15, 0.2) is 59.7 Å². The molecule has 0 aliphatic carbocycles. The molecule has 0 bridgehead atoms. The Bertz CT molecular complexity index is 1220. The minimum absolute atomic E-state index is 0.480. The predicted molar refractivity (Wildman–Crippen MR) is 116 cm³/mol. The van der Waals surface area contributed by atoms with Crippen LogP contribution in [0.4, 0.5) is 9.93 Å². The molecular formula is C21H18N4O3S. The van der Waals surface area contributed by atoms with Gasteiger partial charge in [0.2, 0.25) is 0 Å². The number of fused-ring (bicyclic) bond motifs is 3. The van der Waals surface area contributed by atoms with Crippen LogP contribution in [0.1, 0.15) is 5.56 Å². The number of carbonyl (C=O) groups excluding carboxylic acids is 1. The van der Waals surface area contributed by atoms with Gasteiger partial charge < -0.3 is 9.47 Å². The van der Waals surface area contributed by atoms with Crippen LogP contribution in [0.2, 0.25) is 0 Å². The number of rotatable bonds is 5. The summed E-state index contributed by atoms with van der Waals surface area (Å²) in [5, 5.41) is 9.37. The van der Waals surface area contributed by atoms with Crippen molar-refractivity contribution in [1.29, 1.82) is 0 Å². The summed E-state index contributed by atoms with van der Waals surface area (Å²) in [7, 11) is 3.14. The third-order valence-corrected chi connectivity index (χ3v) is 5.25. The summed E-state index contributed by atoms with van der Waals surface area (Å²) in [6.45, 7) is 0. The van der Waals surface area contributed by atoms with Gasteiger partial charge in [-0.2, -0.15) is 5.10 Å². The lowest BCUT2D eigenvalue weighted by Crippen LogP contribution is -2.24. The molecule has 2 amide bonds. The molecule has 3 aromatic carbocycles. The quantitative estimate of drug-likeness (QED) is 0.374. The Balaban J connectivity index is 1.48. The molecule has 0 aliphatic rings. The minimum atomic E-state index is -0.480. The standard InChI is InChI=1S/C21H18N4O3S/c1-27-15-8-9-17(28-2)14(11-15)12-22-25-20(26)24-21-23-19-16-6-4-3-5-13(16)7-10-18(19)29-21/h3-12H,1-2H3,(H2,23,24,25,26)/b22-12+. The van der Waals surface area contributed by atoms with Gasteiger partial charge in [-0.3, -0.25) is 5.32 Å². The van der Waals surface area contributed by atoms with Gasteiger partial charge >= 0.3 is 6.03 Å². The number of hydrazone groups is 1. The van der Waals surface area contributed by atoms with Gasteiger partial charge in [-0.05, 0) is 29.7 Å². The summed E-state index contributed by atoms with van der Waals surface area (Å²) in [4.78, 5) is 16.8. The fraction of sp³-hybridized carbons (Fsp3) is 0.0952. The van der Waals surface area contributed by atoms with Gasteiger partial charge in [-0.25, -0.2) is 15.2 Å². The van der Waals surface area contributed by atoms with E-state index in [-0.39, 0.29) is 0 Å². The summed E-state index contributed by atoms with van der Waals surface area (Å²) in [5.74, 6) is 1.29. The molecule has 0 fully saturated rings. The summed E-state index contributed by atoms with van der Waals surface area (Å²) < 4.78 is 11.5. The normalized spacial score (nSPS) is 11.1. The Morgan fingerprint density at radius 3 is 2.79 bits per heavy atom. The molecule has 2 N–H and O–H groups in total. The van der Waals surface area contributed by atoms with Gasteiger partial charge in [-0.1, -0.05) is 41.7 Å². The first kappa shape index (κ1) is 18.7. The van der Waals surface area contributed by atoms with Crippen molar-refractivity contribution in [3.63, 3.8) is 0 Å². The van der Waals surface area contributed by atoms with Crippen molar-refractivity contribution in [2.24, 2.45) is 5.10 Å². The van der Waals surface area contributed by atoms with E-state index in [1.165, 1.54) is 17.6 Å². The summed E-state index contributed by atoms with van der Waals surface area (Å²) in [6, 6.07) is 16.9. The molecule has 1 aromatic heterocycles. The third-order valence-electron chi connectivity index (χ3n) is 4.31. The summed E-state index contributed by atoms with van der Waals surface area (Å²) in [5.41, 5.74) is 3.99. The average molecular weight is 406 g/mol. The van der Waals surface area contributed by atoms with Gasteiger partial charge in [0.25, 0.3) is 0 Å². The number of ether oxygens (including phenoxy) is 2. The molecule has 1 heterocycles. The molecule has 0 radical (unpaired) electrons. The van der Waals surface area contributed by atoms with Crippen molar-refractivity contribution >= 4 is 49.7 Å². The maximum Gasteiger partial charge on any atom is 0.341 e. The highest BCUT2D eigenvalue weighted by atomic mass is 32.1. The third kappa shape index (κ3) is 3.97. The first-order valence-electron chi connectivity index (χ1n) is 8.78. The first-order valence-corrected chi connectivity index (χ1v) is 9.60. The molecule has 29 heavy (non-hydrogen) atoms. The van der Waals surface area contributed by atoms with Crippen molar-refractivity contribution < 1.29 is 14.3 Å². The van der Waals surface area contributed by atoms with Gasteiger partial charge in [0, 0.05) is 10.9 Å². The predicted octanol–water partition coefficient (Wildman–Crippen LogP) is 4.62. The van der Waals surface area contributed by atoms with Crippen molar-refractivity contribution in [1.82, 2.24) is 10.4 Å². The Hall–Kier alpha value is -3.65. The fourth-order valence-electron chi connectivity index (χ4n) is 2.94. The molecule has 4 rings (SSSR count). The number of nitrogens with zero attached hydrogens (tertiary/aromatic N) is 2. The van der Waals surface area contributed by atoms with Crippen LogP contribution in [0.3, 0.4) is 0 Å². The van der Waals surface area contributed by atoms with Crippen LogP contribution < -0.4 is 20.2 Å². The van der Waals surface area contributed by atoms with Gasteiger partial charge in [0.1, 0.15) is 11.5 Å². The Kier molecular flexibility index (Phi) is 5.26. The fourth-order valence-corrected chi connectivity index (χ4v) is 3.82. The van der Waals surface area contributed by atoms with Crippen molar-refractivity contribution in [3.8, 4) is 11.5 Å². The Labute approximate surface area is 171 Å². The number of aromatic nitrogens is 1. The zero-order valence-corrected chi connectivity index (χ0v) is 16.6. The number of benzene rings is 3. The van der Waals surface area contributed by atoms with Crippen molar-refractivity contribution in [2.75, 3.05) is 19.5 Å². The van der Waals surface area contributed by atoms with E-state index in [0.717, 1.165) is 21.0 Å². The van der Waals surface area contributed by atoms with Gasteiger partial charge in [0.05, 0.1) is 30.7 Å². The van der Waals surface area contributed by atoms with Crippen LogP contribution in [0.25, 0.3) is 21.0 Å². The van der Waals surface area contributed by atoms with Gasteiger partial charge in [0.15, 0.2) is 5.13 Å². The van der Waals surface area contributed by atoms with E-state index in [1.807, 2.05) is 36.4 Å². The number of anilines is 1. The number of nitrogens with one attached hydrogen (secondary N) is 2. The van der Waals surface area contributed by atoms with E-state index in [0.29, 0.717) is 22.2 Å². The number of methoxy groups -OCH3 is 2. The highest BCUT2D eigenvalue weighted by molar-refractivity contribution is 7.22. The second kappa shape index (κ2) is 8.15. The number of thiazole rings is 1. The maximum atomic E-state index is 12.2.